The molecule has 25 heavy (non-hydrogen) atoms. The summed E-state index contributed by atoms with van der Waals surface area (Å²) in [5.41, 5.74) is 11.4. The summed E-state index contributed by atoms with van der Waals surface area (Å²) in [5, 5.41) is 9.42. The van der Waals surface area contributed by atoms with E-state index in [9.17, 15) is 0 Å². The van der Waals surface area contributed by atoms with Crippen LogP contribution >= 0.6 is 0 Å². The van der Waals surface area contributed by atoms with Crippen LogP contribution in [0.5, 0.6) is 0 Å². The van der Waals surface area contributed by atoms with Crippen molar-refractivity contribution in [2.75, 3.05) is 5.73 Å². The number of anilines is 1. The summed E-state index contributed by atoms with van der Waals surface area (Å²) in [5.74, 6) is 0.921. The zero-order valence-electron chi connectivity index (χ0n) is 14.6. The minimum Gasteiger partial charge on any atom is -0.399 e. The van der Waals surface area contributed by atoms with Gasteiger partial charge in [0.05, 0.1) is 11.4 Å². The quantitative estimate of drug-likeness (QED) is 0.768. The predicted octanol–water partition coefficient (Wildman–Crippen LogP) is 5.06. The number of nitrogen functional groups attached to an aromatic ring is 1. The van der Waals surface area contributed by atoms with Crippen LogP contribution in [0.4, 0.5) is 5.69 Å². The first-order valence-corrected chi connectivity index (χ1v) is 9.40. The van der Waals surface area contributed by atoms with Crippen molar-refractivity contribution < 1.29 is 0 Å². The van der Waals surface area contributed by atoms with Gasteiger partial charge in [-0.25, -0.2) is 0 Å². The molecule has 0 saturated heterocycles. The van der Waals surface area contributed by atoms with E-state index in [-0.39, 0.29) is 0 Å². The molecule has 2 atom stereocenters. The van der Waals surface area contributed by atoms with Crippen LogP contribution in [0.3, 0.4) is 0 Å². The zero-order chi connectivity index (χ0) is 17.1. The Bertz CT molecular complexity index is 775. The van der Waals surface area contributed by atoms with Crippen LogP contribution in [0.15, 0.2) is 64.8 Å². The van der Waals surface area contributed by atoms with E-state index in [4.69, 9.17) is 15.9 Å². The lowest BCUT2D eigenvalue weighted by atomic mass is 9.73. The monoisotopic (exact) mass is 331 g/mol. The first kappa shape index (κ1) is 16.1. The molecule has 2 aliphatic rings. The number of fused-ring (bicyclic) bond motifs is 1. The molecule has 2 unspecified atom stereocenters. The van der Waals surface area contributed by atoms with Crippen LogP contribution in [0.1, 0.15) is 49.7 Å². The van der Waals surface area contributed by atoms with Crippen LogP contribution in [-0.2, 0) is 0 Å². The molecular formula is C22H25N3. The van der Waals surface area contributed by atoms with Gasteiger partial charge in [0.15, 0.2) is 0 Å². The summed E-state index contributed by atoms with van der Waals surface area (Å²) in [6.45, 7) is 0. The number of nitrogens with two attached hydrogens (primary N) is 1. The van der Waals surface area contributed by atoms with Crippen molar-refractivity contribution in [2.45, 2.75) is 38.5 Å². The molecule has 0 bridgehead atoms. The van der Waals surface area contributed by atoms with E-state index in [0.29, 0.717) is 11.8 Å². The third kappa shape index (κ3) is 3.37. The summed E-state index contributed by atoms with van der Waals surface area (Å²) in [6, 6.07) is 18.7. The van der Waals surface area contributed by atoms with Crippen molar-refractivity contribution in [3.05, 3.63) is 65.7 Å². The van der Waals surface area contributed by atoms with Crippen molar-refractivity contribution in [3.8, 4) is 0 Å². The number of benzene rings is 2. The lowest BCUT2D eigenvalue weighted by Crippen LogP contribution is -2.34. The Hall–Kier alpha value is -2.42. The van der Waals surface area contributed by atoms with Crippen molar-refractivity contribution in [1.82, 2.24) is 0 Å². The number of hydrogen-bond donors (Lipinski definition) is 1. The van der Waals surface area contributed by atoms with Crippen molar-refractivity contribution in [2.24, 2.45) is 22.0 Å². The van der Waals surface area contributed by atoms with Gasteiger partial charge in [-0.15, -0.1) is 0 Å². The van der Waals surface area contributed by atoms with Gasteiger partial charge in [-0.1, -0.05) is 68.1 Å². The van der Waals surface area contributed by atoms with Crippen LogP contribution < -0.4 is 5.73 Å². The van der Waals surface area contributed by atoms with Gasteiger partial charge < -0.3 is 5.73 Å². The minimum absolute atomic E-state index is 0.455. The molecule has 2 aromatic rings. The van der Waals surface area contributed by atoms with Gasteiger partial charge in [0.1, 0.15) is 0 Å². The Labute approximate surface area is 149 Å². The molecule has 2 aromatic carbocycles. The van der Waals surface area contributed by atoms with Gasteiger partial charge >= 0.3 is 0 Å². The van der Waals surface area contributed by atoms with Gasteiger partial charge in [0, 0.05) is 17.5 Å². The fourth-order valence-electron chi connectivity index (χ4n) is 4.20. The molecule has 0 aromatic heterocycles. The SMILES string of the molecule is Nc1ccc(C2=NN=C(c3ccccc3)C3CCCCCCC23)cc1. The highest BCUT2D eigenvalue weighted by Crippen LogP contribution is 2.36. The Kier molecular flexibility index (Phi) is 4.64. The zero-order valence-corrected chi connectivity index (χ0v) is 14.6. The maximum atomic E-state index is 5.86. The van der Waals surface area contributed by atoms with Crippen molar-refractivity contribution in [3.63, 3.8) is 0 Å². The van der Waals surface area contributed by atoms with Crippen LogP contribution in [0, 0.1) is 11.8 Å². The minimum atomic E-state index is 0.455. The lowest BCUT2D eigenvalue weighted by molar-refractivity contribution is 0.392. The second-order valence-corrected chi connectivity index (χ2v) is 7.16. The summed E-state index contributed by atoms with van der Waals surface area (Å²) in [7, 11) is 0. The smallest absolute Gasteiger partial charge is 0.0740 e. The summed E-state index contributed by atoms with van der Waals surface area (Å²) in [6.07, 6.45) is 7.61. The van der Waals surface area contributed by atoms with E-state index in [1.165, 1.54) is 55.4 Å². The second-order valence-electron chi connectivity index (χ2n) is 7.16. The first-order valence-electron chi connectivity index (χ1n) is 9.40. The topological polar surface area (TPSA) is 50.7 Å². The molecule has 0 spiro atoms. The van der Waals surface area contributed by atoms with Crippen LogP contribution in [0.25, 0.3) is 0 Å². The number of hydrogen-bond acceptors (Lipinski definition) is 3. The number of nitrogens with zero attached hydrogens (tertiary/aromatic N) is 2. The Morgan fingerprint density at radius 2 is 1.16 bits per heavy atom. The Balaban J connectivity index is 1.76. The van der Waals surface area contributed by atoms with Crippen molar-refractivity contribution in [1.29, 1.82) is 0 Å². The van der Waals surface area contributed by atoms with Gasteiger partial charge in [-0.2, -0.15) is 10.2 Å². The highest BCUT2D eigenvalue weighted by Gasteiger charge is 2.34. The molecule has 1 fully saturated rings. The third-order valence-electron chi connectivity index (χ3n) is 5.51. The van der Waals surface area contributed by atoms with Gasteiger partial charge in [-0.3, -0.25) is 0 Å². The summed E-state index contributed by atoms with van der Waals surface area (Å²) >= 11 is 0. The first-order chi connectivity index (χ1) is 12.3. The molecule has 2 N–H and O–H groups in total. The fraction of sp³-hybridized carbons (Fsp3) is 0.364. The molecule has 3 heteroatoms. The second kappa shape index (κ2) is 7.22. The molecule has 3 nitrogen and oxygen atoms in total. The average molecular weight is 331 g/mol. The number of rotatable bonds is 2. The molecular weight excluding hydrogens is 306 g/mol. The molecule has 4 rings (SSSR count). The van der Waals surface area contributed by atoms with Gasteiger partial charge in [-0.05, 0) is 36.1 Å². The van der Waals surface area contributed by atoms with Crippen LogP contribution in [0.2, 0.25) is 0 Å². The standard InChI is InChI=1S/C22H25N3/c23-18-14-12-17(13-15-18)22-20-11-7-2-1-6-10-19(20)21(24-25-22)16-8-4-3-5-9-16/h3-5,8-9,12-15,19-20H,1-2,6-7,10-11,23H2. The Morgan fingerprint density at radius 3 is 1.72 bits per heavy atom. The van der Waals surface area contributed by atoms with Crippen LogP contribution in [-0.4, -0.2) is 11.4 Å². The van der Waals surface area contributed by atoms with Gasteiger partial charge in [0.25, 0.3) is 0 Å². The summed E-state index contributed by atoms with van der Waals surface area (Å²) < 4.78 is 0. The molecule has 128 valence electrons. The van der Waals surface area contributed by atoms with Crippen molar-refractivity contribution >= 4 is 17.1 Å². The molecule has 0 radical (unpaired) electrons. The average Bonchev–Trinajstić information content (AvgIpc) is 2.63. The lowest BCUT2D eigenvalue weighted by Gasteiger charge is -2.33. The maximum absolute atomic E-state index is 5.86. The van der Waals surface area contributed by atoms with E-state index < -0.39 is 0 Å². The summed E-state index contributed by atoms with van der Waals surface area (Å²) in [4.78, 5) is 0. The normalized spacial score (nSPS) is 23.7. The predicted molar refractivity (Wildman–Crippen MR) is 105 cm³/mol. The van der Waals surface area contributed by atoms with E-state index in [2.05, 4.69) is 42.5 Å². The Morgan fingerprint density at radius 1 is 0.640 bits per heavy atom. The van der Waals surface area contributed by atoms with E-state index >= 15 is 0 Å². The van der Waals surface area contributed by atoms with Gasteiger partial charge in [0.2, 0.25) is 0 Å². The molecule has 0 amide bonds. The third-order valence-corrected chi connectivity index (χ3v) is 5.51. The molecule has 1 aliphatic carbocycles. The largest absolute Gasteiger partial charge is 0.399 e. The fourth-order valence-corrected chi connectivity index (χ4v) is 4.20. The highest BCUT2D eigenvalue weighted by molar-refractivity contribution is 6.11. The van der Waals surface area contributed by atoms with E-state index in [1.807, 2.05) is 12.1 Å². The molecule has 1 heterocycles. The molecule has 1 aliphatic heterocycles. The van der Waals surface area contributed by atoms with E-state index in [0.717, 1.165) is 11.4 Å². The van der Waals surface area contributed by atoms with E-state index in [1.54, 1.807) is 0 Å². The maximum Gasteiger partial charge on any atom is 0.0740 e. The molecule has 1 saturated carbocycles. The highest BCUT2D eigenvalue weighted by atomic mass is 15.2.